The van der Waals surface area contributed by atoms with Crippen LogP contribution in [0.4, 0.5) is 0 Å². The molecule has 0 amide bonds. The van der Waals surface area contributed by atoms with E-state index in [2.05, 4.69) is 0 Å². The highest BCUT2D eigenvalue weighted by Gasteiger charge is 2.53. The molecule has 2 aromatic carbocycles. The summed E-state index contributed by atoms with van der Waals surface area (Å²) in [5.74, 6) is -0.443. The van der Waals surface area contributed by atoms with E-state index in [9.17, 15) is 40.5 Å². The molecule has 3 aromatic rings. The van der Waals surface area contributed by atoms with Crippen LogP contribution in [0.25, 0.3) is 22.3 Å². The number of ether oxygens (including phenoxy) is 6. The highest BCUT2D eigenvalue weighted by molar-refractivity contribution is 5.89. The van der Waals surface area contributed by atoms with Crippen LogP contribution in [-0.4, -0.2) is 118 Å². The predicted octanol–water partition coefficient (Wildman–Crippen LogP) is -1.17. The highest BCUT2D eigenvalue weighted by atomic mass is 16.8. The molecule has 1 aromatic heterocycles. The smallest absolute Gasteiger partial charge is 0.229 e. The van der Waals surface area contributed by atoms with E-state index in [1.54, 1.807) is 24.3 Å². The average molecular weight is 609 g/mol. The fraction of sp³-hybridized carbons (Fsp3) is 0.464. The number of aliphatic hydroxyl groups excluding tert-OH is 5. The first-order valence-electron chi connectivity index (χ1n) is 13.1. The molecule has 7 N–H and O–H groups in total. The number of phenols is 1. The third kappa shape index (κ3) is 5.62. The van der Waals surface area contributed by atoms with Crippen LogP contribution in [0.15, 0.2) is 45.6 Å². The van der Waals surface area contributed by atoms with Gasteiger partial charge in [0.25, 0.3) is 0 Å². The van der Waals surface area contributed by atoms with Gasteiger partial charge in [-0.1, -0.05) is 0 Å². The average Bonchev–Trinajstić information content (AvgIpc) is 3.29. The summed E-state index contributed by atoms with van der Waals surface area (Å²) in [7, 11) is 2.71. The third-order valence-electron chi connectivity index (χ3n) is 7.43. The molecule has 0 saturated carbocycles. The van der Waals surface area contributed by atoms with Gasteiger partial charge in [0.1, 0.15) is 52.5 Å². The van der Waals surface area contributed by atoms with Gasteiger partial charge in [0, 0.05) is 17.7 Å². The number of aromatic hydroxyl groups is 1. The quantitative estimate of drug-likeness (QED) is 0.152. The van der Waals surface area contributed by atoms with Gasteiger partial charge >= 0.3 is 0 Å². The standard InChI is InChI=1S/C28H32O15/c1-37-13-5-3-12(4-6-13)15-7-14(31)19-16(40-15)8-17(23(38-2)21(19)33)41-26-24(22(34)20(32)18(9-29)42-26)43-27-25(35)28(36,10-30)11-39-27/h3-8,18,20,22,24-27,29-30,32-36H,9-11H2,1-2H3. The second-order valence-electron chi connectivity index (χ2n) is 10.1. The molecule has 0 radical (unpaired) electrons. The molecule has 2 aliphatic rings. The largest absolute Gasteiger partial charge is 0.504 e. The summed E-state index contributed by atoms with van der Waals surface area (Å²) < 4.78 is 38.9. The van der Waals surface area contributed by atoms with Crippen LogP contribution in [0.3, 0.4) is 0 Å². The maximum Gasteiger partial charge on any atom is 0.229 e. The Bertz CT molecular complexity index is 1490. The van der Waals surface area contributed by atoms with Gasteiger partial charge in [-0.05, 0) is 24.3 Å². The molecular formula is C28H32O15. The van der Waals surface area contributed by atoms with Crippen molar-refractivity contribution in [2.45, 2.75) is 48.7 Å². The van der Waals surface area contributed by atoms with Gasteiger partial charge in [0.15, 0.2) is 29.3 Å². The van der Waals surface area contributed by atoms with Crippen molar-refractivity contribution in [2.24, 2.45) is 0 Å². The number of methoxy groups -OCH3 is 2. The molecule has 15 nitrogen and oxygen atoms in total. The van der Waals surface area contributed by atoms with Gasteiger partial charge in [0.2, 0.25) is 12.0 Å². The molecule has 2 fully saturated rings. The zero-order valence-corrected chi connectivity index (χ0v) is 23.0. The molecule has 8 atom stereocenters. The van der Waals surface area contributed by atoms with E-state index in [-0.39, 0.29) is 28.2 Å². The number of benzene rings is 2. The number of hydrogen-bond acceptors (Lipinski definition) is 15. The molecule has 0 spiro atoms. The van der Waals surface area contributed by atoms with E-state index in [4.69, 9.17) is 32.8 Å². The Morgan fingerprint density at radius 1 is 1.00 bits per heavy atom. The van der Waals surface area contributed by atoms with E-state index in [0.29, 0.717) is 11.3 Å². The van der Waals surface area contributed by atoms with Crippen LogP contribution >= 0.6 is 0 Å². The number of hydrogen-bond donors (Lipinski definition) is 7. The first kappa shape index (κ1) is 30.9. The Morgan fingerprint density at radius 3 is 2.33 bits per heavy atom. The van der Waals surface area contributed by atoms with Gasteiger partial charge in [-0.15, -0.1) is 0 Å². The number of aliphatic hydroxyl groups is 6. The number of fused-ring (bicyclic) bond motifs is 1. The van der Waals surface area contributed by atoms with Crippen molar-refractivity contribution in [3.63, 3.8) is 0 Å². The van der Waals surface area contributed by atoms with E-state index in [0.717, 1.165) is 0 Å². The van der Waals surface area contributed by atoms with Gasteiger partial charge in [0.05, 0.1) is 34.0 Å². The highest BCUT2D eigenvalue weighted by Crippen LogP contribution is 2.44. The van der Waals surface area contributed by atoms with Crippen molar-refractivity contribution in [3.05, 3.63) is 46.6 Å². The normalized spacial score (nSPS) is 30.8. The lowest BCUT2D eigenvalue weighted by Crippen LogP contribution is -2.62. The Labute approximate surface area is 243 Å². The molecule has 5 rings (SSSR count). The van der Waals surface area contributed by atoms with Crippen LogP contribution in [0, 0.1) is 0 Å². The van der Waals surface area contributed by atoms with Crippen molar-refractivity contribution in [3.8, 4) is 34.3 Å². The number of rotatable bonds is 9. The van der Waals surface area contributed by atoms with Gasteiger partial charge in [-0.3, -0.25) is 4.79 Å². The maximum atomic E-state index is 13.1. The minimum atomic E-state index is -2.06. The third-order valence-corrected chi connectivity index (χ3v) is 7.43. The summed E-state index contributed by atoms with van der Waals surface area (Å²) in [6.07, 6.45) is -11.5. The molecule has 0 bridgehead atoms. The first-order valence-corrected chi connectivity index (χ1v) is 13.1. The fourth-order valence-corrected chi connectivity index (χ4v) is 4.93. The van der Waals surface area contributed by atoms with Gasteiger partial charge in [-0.2, -0.15) is 0 Å². The van der Waals surface area contributed by atoms with Crippen LogP contribution in [0.1, 0.15) is 0 Å². The SMILES string of the molecule is COc1ccc(-c2cc(=O)c3c(O)c(OC)c(OC4OC(CO)C(O)C(O)C4OC4OCC(O)(CO)C4O)cc3o2)cc1. The van der Waals surface area contributed by atoms with Crippen LogP contribution in [-0.2, 0) is 14.2 Å². The predicted molar refractivity (Wildman–Crippen MR) is 144 cm³/mol. The van der Waals surface area contributed by atoms with Crippen molar-refractivity contribution in [2.75, 3.05) is 34.0 Å². The van der Waals surface area contributed by atoms with Crippen molar-refractivity contribution in [1.29, 1.82) is 0 Å². The lowest BCUT2D eigenvalue weighted by Gasteiger charge is -2.42. The monoisotopic (exact) mass is 608 g/mol. The van der Waals surface area contributed by atoms with E-state index in [1.807, 2.05) is 0 Å². The first-order chi connectivity index (χ1) is 20.5. The minimum Gasteiger partial charge on any atom is -0.504 e. The Morgan fingerprint density at radius 2 is 1.72 bits per heavy atom. The Balaban J connectivity index is 1.53. The van der Waals surface area contributed by atoms with Crippen molar-refractivity contribution >= 4 is 11.0 Å². The Hall–Kier alpha value is -3.51. The topological polar surface area (TPSA) is 227 Å². The van der Waals surface area contributed by atoms with Crippen LogP contribution in [0.5, 0.6) is 23.0 Å². The molecule has 0 aliphatic carbocycles. The molecular weight excluding hydrogens is 576 g/mol. The summed E-state index contributed by atoms with van der Waals surface area (Å²) in [4.78, 5) is 13.1. The van der Waals surface area contributed by atoms with Gasteiger partial charge < -0.3 is 68.6 Å². The molecule has 234 valence electrons. The second-order valence-corrected chi connectivity index (χ2v) is 10.1. The van der Waals surface area contributed by atoms with Gasteiger partial charge in [-0.25, -0.2) is 0 Å². The summed E-state index contributed by atoms with van der Waals surface area (Å²) >= 11 is 0. The molecule has 2 aliphatic heterocycles. The summed E-state index contributed by atoms with van der Waals surface area (Å²) in [5, 5.41) is 72.1. The minimum absolute atomic E-state index is 0.109. The lowest BCUT2D eigenvalue weighted by atomic mass is 9.98. The summed E-state index contributed by atoms with van der Waals surface area (Å²) in [6, 6.07) is 9.11. The maximum absolute atomic E-state index is 13.1. The van der Waals surface area contributed by atoms with E-state index < -0.39 is 79.7 Å². The van der Waals surface area contributed by atoms with E-state index >= 15 is 0 Å². The Kier molecular flexibility index (Phi) is 8.80. The zero-order valence-electron chi connectivity index (χ0n) is 23.0. The lowest BCUT2D eigenvalue weighted by molar-refractivity contribution is -0.319. The molecule has 2 saturated heterocycles. The van der Waals surface area contributed by atoms with Crippen LogP contribution in [0.2, 0.25) is 0 Å². The van der Waals surface area contributed by atoms with Crippen molar-refractivity contribution < 1.29 is 68.6 Å². The second kappa shape index (κ2) is 12.2. The fourth-order valence-electron chi connectivity index (χ4n) is 4.93. The molecule has 3 heterocycles. The molecule has 43 heavy (non-hydrogen) atoms. The number of phenolic OH excluding ortho intramolecular Hbond substituents is 1. The molecule has 8 unspecified atom stereocenters. The van der Waals surface area contributed by atoms with E-state index in [1.165, 1.54) is 26.4 Å². The molecule has 15 heteroatoms. The summed E-state index contributed by atoms with van der Waals surface area (Å²) in [5.41, 5.74) is -2.23. The van der Waals surface area contributed by atoms with Crippen LogP contribution < -0.4 is 19.6 Å². The van der Waals surface area contributed by atoms with Crippen molar-refractivity contribution in [1.82, 2.24) is 0 Å². The summed E-state index contributed by atoms with van der Waals surface area (Å²) in [6.45, 7) is -2.10. The zero-order chi connectivity index (χ0) is 31.1.